The van der Waals surface area contributed by atoms with E-state index < -0.39 is 27.5 Å². The number of halogens is 12. The van der Waals surface area contributed by atoms with Crippen molar-refractivity contribution in [3.63, 3.8) is 0 Å². The fourth-order valence-electron chi connectivity index (χ4n) is 3.41. The van der Waals surface area contributed by atoms with Crippen LogP contribution in [0.1, 0.15) is 209 Å². The molecule has 0 fully saturated rings. The van der Waals surface area contributed by atoms with Crippen molar-refractivity contribution in [2.75, 3.05) is 0 Å². The number of alkyl halides is 3. The third-order valence-electron chi connectivity index (χ3n) is 6.02. The van der Waals surface area contributed by atoms with Crippen LogP contribution in [0, 0.1) is 29.1 Å². The summed E-state index contributed by atoms with van der Waals surface area (Å²) < 4.78 is 105. The second kappa shape index (κ2) is 102. The molecule has 0 amide bonds. The Kier molecular flexibility index (Phi) is 169. The van der Waals surface area contributed by atoms with E-state index in [0.717, 1.165) is 0 Å². The van der Waals surface area contributed by atoms with Crippen LogP contribution in [0.2, 0.25) is 0 Å². The summed E-state index contributed by atoms with van der Waals surface area (Å²) in [6.45, 7) is 15.0. The van der Waals surface area contributed by atoms with Crippen molar-refractivity contribution in [3.05, 3.63) is 6.68 Å². The van der Waals surface area contributed by atoms with Gasteiger partial charge in [-0.25, -0.2) is 16.3 Å². The molecule has 6 N–H and O–H groups in total. The van der Waals surface area contributed by atoms with Crippen LogP contribution in [0.25, 0.3) is 0 Å². The Morgan fingerprint density at radius 1 is 0.456 bits per heavy atom. The van der Waals surface area contributed by atoms with Crippen LogP contribution in [0.15, 0.2) is 0 Å². The molecule has 57 heavy (non-hydrogen) atoms. The Labute approximate surface area is 448 Å². The molecule has 0 aromatic carbocycles. The molecule has 5 nitrogen and oxygen atoms in total. The normalized spacial score (nSPS) is 8.28. The van der Waals surface area contributed by atoms with E-state index in [1.54, 1.807) is 0 Å². The second-order valence-corrected chi connectivity index (χ2v) is 11.3. The fourth-order valence-corrected chi connectivity index (χ4v) is 3.41. The van der Waals surface area contributed by atoms with Gasteiger partial charge < -0.3 is 35.6 Å². The number of rotatable bonds is 20. The smallest absolute Gasteiger partial charge is 1.00 e. The van der Waals surface area contributed by atoms with Crippen LogP contribution >= 0.6 is 16.1 Å². The summed E-state index contributed by atoms with van der Waals surface area (Å²) in [5.41, 5.74) is 3.35. The molecule has 0 bridgehead atoms. The molecule has 0 aromatic rings. The number of nitrogens with zero attached hydrogens (tertiary/aromatic N) is 2. The molecule has 0 atom stereocenters. The van der Waals surface area contributed by atoms with Crippen molar-refractivity contribution in [2.24, 2.45) is 10.5 Å². The van der Waals surface area contributed by atoms with Crippen LogP contribution in [-0.4, -0.2) is 26.3 Å². The largest absolute Gasteiger partial charge is 1.00 e. The molecule has 0 aliphatic rings. The van der Waals surface area contributed by atoms with Gasteiger partial charge in [-0.15, -0.1) is 0 Å². The summed E-state index contributed by atoms with van der Waals surface area (Å²) in [6.07, 6.45) is 29.5. The molecule has 0 aliphatic heterocycles. The van der Waals surface area contributed by atoms with Gasteiger partial charge in [0.05, 0.1) is 11.9 Å². The Morgan fingerprint density at radius 2 is 0.526 bits per heavy atom. The molecular weight excluding hydrogens is 954 g/mol. The number of nitriles is 2. The SMILES string of the molecule is CCCCCCCC.CCCCCCCC.CCCCCCCC.CCCCCCCC.F[C-](F)F.N#CB(F)F.N#CB(F)F.NBr.NC(F)(F)F.O.[Br-].[K+].[K+]. The standard InChI is InChI=1S/4C8H18.2CBF2N.CH2F3N.CF3.BrH2N.BrH.2K.H2O/c4*1-3-5-7-8-6-4-2;2*3-2(4)1-5;2-1(3,4)5;2-1(3)4;1-2;;;;/h4*3-8H2,1-2H3;;;5H2;;2H2;1H;;;1H2/q;;;;;;;-1;;;2*+1;/p-1. The third kappa shape index (κ3) is 266. The zero-order chi connectivity index (χ0) is 43.6. The van der Waals surface area contributed by atoms with Gasteiger partial charge in [-0.2, -0.15) is 13.2 Å². The fraction of sp³-hybridized carbons (Fsp3) is 0.917. The Bertz CT molecular complexity index is 544. The quantitative estimate of drug-likeness (QED) is 0.0353. The Hall–Kier alpha value is 2.52. The molecule has 0 aromatic heterocycles. The van der Waals surface area contributed by atoms with E-state index in [2.05, 4.69) is 82.0 Å². The van der Waals surface area contributed by atoms with Crippen LogP contribution in [0.3, 0.4) is 0 Å². The van der Waals surface area contributed by atoms with Gasteiger partial charge in [-0.3, -0.25) is 22.0 Å². The minimum atomic E-state index is -4.50. The summed E-state index contributed by atoms with van der Waals surface area (Å²) >= 11 is 2.44. The van der Waals surface area contributed by atoms with Crippen molar-refractivity contribution in [1.29, 1.82) is 10.5 Å². The first-order valence-electron chi connectivity index (χ1n) is 19.2. The van der Waals surface area contributed by atoms with Gasteiger partial charge in [0, 0.05) is 16.1 Å². The molecule has 21 heteroatoms. The summed E-state index contributed by atoms with van der Waals surface area (Å²) in [5, 5.41) is 14.3. The minimum absolute atomic E-state index is 0. The van der Waals surface area contributed by atoms with E-state index in [9.17, 15) is 43.6 Å². The summed E-state index contributed by atoms with van der Waals surface area (Å²) in [7, 11) is -5.62. The van der Waals surface area contributed by atoms with Gasteiger partial charge in [0.2, 0.25) is 0 Å². The zero-order valence-corrected chi connectivity index (χ0v) is 46.6. The van der Waals surface area contributed by atoms with Crippen LogP contribution < -0.4 is 130 Å². The average Bonchev–Trinajstić information content (AvgIpc) is 3.10. The van der Waals surface area contributed by atoms with Crippen LogP contribution in [-0.2, 0) is 0 Å². The average molecular weight is 1030 g/mol. The number of hydrogen-bond acceptors (Lipinski definition) is 4. The predicted molar refractivity (Wildman–Crippen MR) is 217 cm³/mol. The maximum absolute atomic E-state index is 10.4. The molecule has 0 saturated carbocycles. The number of nitrogens with two attached hydrogens (primary N) is 2. The molecule has 340 valence electrons. The first-order valence-corrected chi connectivity index (χ1v) is 20.1. The van der Waals surface area contributed by atoms with Crippen molar-refractivity contribution in [2.45, 2.75) is 216 Å². The topological polar surface area (TPSA) is 131 Å². The van der Waals surface area contributed by atoms with Gasteiger partial charge in [-0.05, 0) is 0 Å². The molecule has 0 radical (unpaired) electrons. The molecule has 0 saturated heterocycles. The first kappa shape index (κ1) is 94.2. The maximum atomic E-state index is 10.4. The molecule has 0 rings (SSSR count). The zero-order valence-electron chi connectivity index (χ0n) is 37.2. The second-order valence-electron chi connectivity index (χ2n) is 11.3. The van der Waals surface area contributed by atoms with Gasteiger partial charge in [0.1, 0.15) is 0 Å². The van der Waals surface area contributed by atoms with Crippen molar-refractivity contribution in [3.8, 4) is 11.9 Å². The van der Waals surface area contributed by atoms with E-state index >= 15 is 0 Å². The monoisotopic (exact) mass is 1030 g/mol. The minimum Gasteiger partial charge on any atom is -1.00 e. The summed E-state index contributed by atoms with van der Waals surface area (Å²) in [4.78, 5) is 0. The van der Waals surface area contributed by atoms with Crippen LogP contribution in [0.5, 0.6) is 0 Å². The van der Waals surface area contributed by atoms with Gasteiger partial charge in [-0.1, -0.05) is 209 Å². The van der Waals surface area contributed by atoms with E-state index in [4.69, 9.17) is 10.5 Å². The first-order chi connectivity index (χ1) is 24.9. The van der Waals surface area contributed by atoms with E-state index in [-0.39, 0.29) is 125 Å². The maximum Gasteiger partial charge on any atom is 1.00 e. The van der Waals surface area contributed by atoms with E-state index in [1.807, 2.05) is 0 Å². The van der Waals surface area contributed by atoms with Crippen molar-refractivity contribution in [1.82, 2.24) is 0 Å². The Morgan fingerprint density at radius 3 is 0.561 bits per heavy atom. The number of unbranched alkanes of at least 4 members (excludes halogenated alkanes) is 20. The number of hydrogen-bond donors (Lipinski definition) is 2. The van der Waals surface area contributed by atoms with Gasteiger partial charge in [0.15, 0.2) is 6.68 Å². The van der Waals surface area contributed by atoms with Crippen molar-refractivity contribution >= 4 is 30.7 Å². The molecule has 0 spiro atoms. The predicted octanol–water partition coefficient (Wildman–Crippen LogP) is 6.67. The third-order valence-corrected chi connectivity index (χ3v) is 6.02. The molecular formula is C36H78B2Br2F10K2N4O. The molecule has 0 unspecified atom stereocenters. The van der Waals surface area contributed by atoms with Crippen molar-refractivity contribution < 1.29 is 169 Å². The van der Waals surface area contributed by atoms with Gasteiger partial charge >= 0.3 is 124 Å². The summed E-state index contributed by atoms with van der Waals surface area (Å²) in [6, 6.07) is 0. The van der Waals surface area contributed by atoms with Gasteiger partial charge in [0.25, 0.3) is 0 Å². The molecule has 0 aliphatic carbocycles. The van der Waals surface area contributed by atoms with E-state index in [1.165, 1.54) is 154 Å². The van der Waals surface area contributed by atoms with Crippen LogP contribution in [0.4, 0.5) is 43.6 Å². The Balaban J connectivity index is -0.0000000351. The van der Waals surface area contributed by atoms with E-state index in [0.29, 0.717) is 11.9 Å². The summed E-state index contributed by atoms with van der Waals surface area (Å²) in [5.74, 6) is 1.39. The molecule has 0 heterocycles.